The van der Waals surface area contributed by atoms with Crippen molar-refractivity contribution in [2.24, 2.45) is 0 Å². The van der Waals surface area contributed by atoms with Gasteiger partial charge in [0, 0.05) is 18.8 Å². The third-order valence-corrected chi connectivity index (χ3v) is 3.43. The van der Waals surface area contributed by atoms with E-state index in [1.54, 1.807) is 0 Å². The summed E-state index contributed by atoms with van der Waals surface area (Å²) < 4.78 is 0. The molecule has 0 N–H and O–H groups in total. The van der Waals surface area contributed by atoms with Gasteiger partial charge >= 0.3 is 0 Å². The molecule has 0 aromatic heterocycles. The molecular weight excluding hydrogens is 208 g/mol. The fourth-order valence-corrected chi connectivity index (χ4v) is 2.57. The summed E-state index contributed by atoms with van der Waals surface area (Å²) in [6.07, 6.45) is 4.56. The van der Waals surface area contributed by atoms with E-state index < -0.39 is 0 Å². The van der Waals surface area contributed by atoms with E-state index in [9.17, 15) is 4.79 Å². The maximum Gasteiger partial charge on any atom is 0.141 e. The number of rotatable bonds is 3. The number of hydrogen-bond donors (Lipinski definition) is 0. The fraction of sp³-hybridized carbons (Fsp3) is 0.438. The van der Waals surface area contributed by atoms with Gasteiger partial charge in [0.25, 0.3) is 0 Å². The molecule has 1 nitrogen and oxygen atoms in total. The van der Waals surface area contributed by atoms with Crippen molar-refractivity contribution in [3.8, 4) is 11.8 Å². The van der Waals surface area contributed by atoms with E-state index in [0.717, 1.165) is 19.3 Å². The van der Waals surface area contributed by atoms with E-state index in [1.165, 1.54) is 11.1 Å². The van der Waals surface area contributed by atoms with Crippen LogP contribution in [0.3, 0.4) is 0 Å². The number of fused-ring (bicyclic) bond motifs is 1. The summed E-state index contributed by atoms with van der Waals surface area (Å²) >= 11 is 0. The van der Waals surface area contributed by atoms with Crippen molar-refractivity contribution in [1.29, 1.82) is 0 Å². The first-order valence-electron chi connectivity index (χ1n) is 6.33. The topological polar surface area (TPSA) is 17.1 Å². The molecule has 0 aliphatic heterocycles. The highest BCUT2D eigenvalue weighted by molar-refractivity contribution is 5.86. The van der Waals surface area contributed by atoms with Crippen LogP contribution in [0.5, 0.6) is 0 Å². The van der Waals surface area contributed by atoms with E-state index in [0.29, 0.717) is 18.6 Å². The van der Waals surface area contributed by atoms with E-state index in [-0.39, 0.29) is 5.92 Å². The van der Waals surface area contributed by atoms with Crippen LogP contribution in [0.15, 0.2) is 24.3 Å². The van der Waals surface area contributed by atoms with Crippen LogP contribution in [0.4, 0.5) is 0 Å². The summed E-state index contributed by atoms with van der Waals surface area (Å²) in [6.45, 7) is 1.82. The van der Waals surface area contributed by atoms with Gasteiger partial charge in [0.1, 0.15) is 5.78 Å². The van der Waals surface area contributed by atoms with Crippen LogP contribution in [0, 0.1) is 11.8 Å². The summed E-state index contributed by atoms with van der Waals surface area (Å²) in [5.74, 6) is 6.30. The molecule has 0 bridgehead atoms. The van der Waals surface area contributed by atoms with Crippen LogP contribution in [0.2, 0.25) is 0 Å². The molecule has 0 spiro atoms. The predicted octanol–water partition coefficient (Wildman–Crippen LogP) is 3.48. The molecule has 88 valence electrons. The van der Waals surface area contributed by atoms with Crippen LogP contribution in [0.1, 0.15) is 49.7 Å². The van der Waals surface area contributed by atoms with Crippen LogP contribution < -0.4 is 0 Å². The standard InChI is InChI=1S/C16H18O/c1-2-3-4-12-16(17)15-11-7-9-13-8-5-6-10-14(13)15/h5-6,8,10,15H,4,7,9,11-12H2,1H3. The van der Waals surface area contributed by atoms with Gasteiger partial charge in [-0.05, 0) is 37.3 Å². The Morgan fingerprint density at radius 1 is 1.41 bits per heavy atom. The van der Waals surface area contributed by atoms with Gasteiger partial charge in [0.05, 0.1) is 0 Å². The summed E-state index contributed by atoms with van der Waals surface area (Å²) in [5, 5.41) is 0. The normalized spacial score (nSPS) is 17.8. The van der Waals surface area contributed by atoms with E-state index in [4.69, 9.17) is 0 Å². The van der Waals surface area contributed by atoms with Crippen molar-refractivity contribution in [2.45, 2.75) is 44.9 Å². The largest absolute Gasteiger partial charge is 0.299 e. The average Bonchev–Trinajstić information content (AvgIpc) is 2.38. The lowest BCUT2D eigenvalue weighted by atomic mass is 9.79. The molecule has 1 aliphatic carbocycles. The van der Waals surface area contributed by atoms with Gasteiger partial charge in [-0.25, -0.2) is 0 Å². The Bertz CT molecular complexity index is 462. The van der Waals surface area contributed by atoms with Crippen LogP contribution in [0.25, 0.3) is 0 Å². The number of Topliss-reactive ketones (excluding diaryl/α,β-unsaturated/α-hetero) is 1. The Morgan fingerprint density at radius 2 is 2.24 bits per heavy atom. The summed E-state index contributed by atoms with van der Waals surface area (Å²) in [6, 6.07) is 8.37. The molecule has 2 rings (SSSR count). The molecule has 0 radical (unpaired) electrons. The zero-order valence-electron chi connectivity index (χ0n) is 10.3. The van der Waals surface area contributed by atoms with Gasteiger partial charge in [-0.15, -0.1) is 11.8 Å². The molecule has 1 atom stereocenters. The van der Waals surface area contributed by atoms with Crippen molar-refractivity contribution >= 4 is 5.78 Å². The summed E-state index contributed by atoms with van der Waals surface area (Å²) in [4.78, 5) is 12.2. The van der Waals surface area contributed by atoms with Crippen LogP contribution >= 0.6 is 0 Å². The molecule has 0 amide bonds. The third kappa shape index (κ3) is 2.77. The maximum absolute atomic E-state index is 12.2. The first kappa shape index (κ1) is 11.9. The lowest BCUT2D eigenvalue weighted by Crippen LogP contribution is -2.18. The van der Waals surface area contributed by atoms with E-state index in [2.05, 4.69) is 30.0 Å². The quantitative estimate of drug-likeness (QED) is 0.721. The molecule has 1 heteroatoms. The third-order valence-electron chi connectivity index (χ3n) is 3.43. The zero-order chi connectivity index (χ0) is 12.1. The number of carbonyl (C=O) groups is 1. The van der Waals surface area contributed by atoms with Gasteiger partial charge < -0.3 is 0 Å². The van der Waals surface area contributed by atoms with Gasteiger partial charge in [-0.1, -0.05) is 24.3 Å². The lowest BCUT2D eigenvalue weighted by Gasteiger charge is -2.24. The Morgan fingerprint density at radius 3 is 3.06 bits per heavy atom. The van der Waals surface area contributed by atoms with Gasteiger partial charge in [-0.2, -0.15) is 0 Å². The van der Waals surface area contributed by atoms with E-state index in [1.807, 2.05) is 13.0 Å². The van der Waals surface area contributed by atoms with Crippen molar-refractivity contribution in [3.63, 3.8) is 0 Å². The second kappa shape index (κ2) is 5.68. The highest BCUT2D eigenvalue weighted by atomic mass is 16.1. The first-order chi connectivity index (χ1) is 8.33. The predicted molar refractivity (Wildman–Crippen MR) is 69.8 cm³/mol. The average molecular weight is 226 g/mol. The van der Waals surface area contributed by atoms with Gasteiger partial charge in [-0.3, -0.25) is 4.79 Å². The molecular formula is C16H18O. The number of carbonyl (C=O) groups excluding carboxylic acids is 1. The molecule has 0 saturated carbocycles. The molecule has 0 saturated heterocycles. The van der Waals surface area contributed by atoms with Gasteiger partial charge in [0.15, 0.2) is 0 Å². The first-order valence-corrected chi connectivity index (χ1v) is 6.33. The second-order valence-electron chi connectivity index (χ2n) is 4.54. The minimum absolute atomic E-state index is 0.124. The zero-order valence-corrected chi connectivity index (χ0v) is 10.3. The van der Waals surface area contributed by atoms with Crippen molar-refractivity contribution < 1.29 is 4.79 Å². The summed E-state index contributed by atoms with van der Waals surface area (Å²) in [7, 11) is 0. The molecule has 1 unspecified atom stereocenters. The number of aryl methyl sites for hydroxylation is 1. The maximum atomic E-state index is 12.2. The molecule has 0 fully saturated rings. The number of hydrogen-bond acceptors (Lipinski definition) is 1. The Hall–Kier alpha value is -1.55. The lowest BCUT2D eigenvalue weighted by molar-refractivity contribution is -0.120. The van der Waals surface area contributed by atoms with Crippen LogP contribution in [-0.4, -0.2) is 5.78 Å². The van der Waals surface area contributed by atoms with Crippen molar-refractivity contribution in [3.05, 3.63) is 35.4 Å². The monoisotopic (exact) mass is 226 g/mol. The summed E-state index contributed by atoms with van der Waals surface area (Å²) in [5.41, 5.74) is 2.62. The Kier molecular flexibility index (Phi) is 3.98. The molecule has 1 aromatic carbocycles. The van der Waals surface area contributed by atoms with Crippen LogP contribution in [-0.2, 0) is 11.2 Å². The minimum atomic E-state index is 0.124. The van der Waals surface area contributed by atoms with E-state index >= 15 is 0 Å². The highest BCUT2D eigenvalue weighted by Crippen LogP contribution is 2.32. The fourth-order valence-electron chi connectivity index (χ4n) is 2.57. The molecule has 1 aliphatic rings. The number of ketones is 1. The smallest absolute Gasteiger partial charge is 0.141 e. The minimum Gasteiger partial charge on any atom is -0.299 e. The molecule has 0 heterocycles. The van der Waals surface area contributed by atoms with Crippen molar-refractivity contribution in [1.82, 2.24) is 0 Å². The Labute approximate surface area is 103 Å². The van der Waals surface area contributed by atoms with Gasteiger partial charge in [0.2, 0.25) is 0 Å². The van der Waals surface area contributed by atoms with Crippen molar-refractivity contribution in [2.75, 3.05) is 0 Å². The SMILES string of the molecule is CC#CCCC(=O)C1CCCc2ccccc21. The molecule has 17 heavy (non-hydrogen) atoms. The number of benzene rings is 1. The second-order valence-corrected chi connectivity index (χ2v) is 4.54. The highest BCUT2D eigenvalue weighted by Gasteiger charge is 2.25. The Balaban J connectivity index is 2.11. The molecule has 1 aromatic rings.